The van der Waals surface area contributed by atoms with Crippen LogP contribution in [-0.2, 0) is 27.4 Å². The number of rotatable bonds is 10. The Labute approximate surface area is 187 Å². The van der Waals surface area contributed by atoms with Crippen molar-refractivity contribution < 1.29 is 24.2 Å². The van der Waals surface area contributed by atoms with Gasteiger partial charge in [0.15, 0.2) is 0 Å². The summed E-state index contributed by atoms with van der Waals surface area (Å²) in [4.78, 5) is 37.2. The van der Waals surface area contributed by atoms with Crippen molar-refractivity contribution in [2.24, 2.45) is 5.92 Å². The predicted molar refractivity (Wildman–Crippen MR) is 118 cm³/mol. The van der Waals surface area contributed by atoms with E-state index in [-0.39, 0.29) is 31.5 Å². The third-order valence-corrected chi connectivity index (χ3v) is 5.40. The van der Waals surface area contributed by atoms with Gasteiger partial charge in [0.2, 0.25) is 11.8 Å². The van der Waals surface area contributed by atoms with Crippen molar-refractivity contribution in [2.45, 2.75) is 38.0 Å². The van der Waals surface area contributed by atoms with Gasteiger partial charge in [-0.2, -0.15) is 0 Å². The van der Waals surface area contributed by atoms with E-state index in [2.05, 4.69) is 16.0 Å². The molecule has 1 fully saturated rings. The van der Waals surface area contributed by atoms with Gasteiger partial charge in [-0.1, -0.05) is 60.7 Å². The van der Waals surface area contributed by atoms with Crippen molar-refractivity contribution in [1.29, 1.82) is 0 Å². The lowest BCUT2D eigenvalue weighted by molar-refractivity contribution is -0.126. The summed E-state index contributed by atoms with van der Waals surface area (Å²) in [7, 11) is 0. The van der Waals surface area contributed by atoms with E-state index < -0.39 is 24.1 Å². The number of benzene rings is 2. The zero-order chi connectivity index (χ0) is 22.8. The molecule has 0 unspecified atom stereocenters. The summed E-state index contributed by atoms with van der Waals surface area (Å²) in [5.74, 6) is -0.757. The summed E-state index contributed by atoms with van der Waals surface area (Å²) in [5, 5.41) is 17.9. The lowest BCUT2D eigenvalue weighted by Crippen LogP contribution is -2.52. The highest BCUT2D eigenvalue weighted by Gasteiger charge is 2.29. The smallest absolute Gasteiger partial charge is 0.408 e. The summed E-state index contributed by atoms with van der Waals surface area (Å²) in [6.45, 7) is 0.384. The van der Waals surface area contributed by atoms with Crippen LogP contribution in [0.5, 0.6) is 0 Å². The van der Waals surface area contributed by atoms with Gasteiger partial charge in [-0.3, -0.25) is 9.59 Å². The minimum absolute atomic E-state index is 0.0684. The van der Waals surface area contributed by atoms with Crippen molar-refractivity contribution in [3.63, 3.8) is 0 Å². The Kier molecular flexibility index (Phi) is 8.62. The quantitative estimate of drug-likeness (QED) is 0.448. The third-order valence-electron chi connectivity index (χ3n) is 5.40. The second-order valence-electron chi connectivity index (χ2n) is 7.85. The monoisotopic (exact) mass is 439 g/mol. The zero-order valence-corrected chi connectivity index (χ0v) is 17.8. The van der Waals surface area contributed by atoms with Crippen molar-refractivity contribution >= 4 is 17.9 Å². The molecule has 1 saturated heterocycles. The Hall–Kier alpha value is -3.39. The minimum Gasteiger partial charge on any atom is -0.445 e. The first kappa shape index (κ1) is 23.3. The molecule has 2 aromatic carbocycles. The van der Waals surface area contributed by atoms with E-state index >= 15 is 0 Å². The fraction of sp³-hybridized carbons (Fsp3) is 0.375. The standard InChI is InChI=1S/C24H29N3O5/c28-15-20(14-19-11-12-25-22(19)29)26-23(30)21(13-17-7-3-1-4-8-17)27-24(31)32-16-18-9-5-2-6-10-18/h1-10,19-21,28H,11-16H2,(H,25,29)(H,26,30)(H,27,31)/t19-,20-,21-/m0/s1. The summed E-state index contributed by atoms with van der Waals surface area (Å²) >= 11 is 0. The Balaban J connectivity index is 1.61. The number of hydrogen-bond acceptors (Lipinski definition) is 5. The largest absolute Gasteiger partial charge is 0.445 e. The molecule has 8 heteroatoms. The van der Waals surface area contributed by atoms with Gasteiger partial charge in [0.1, 0.15) is 12.6 Å². The van der Waals surface area contributed by atoms with Crippen molar-refractivity contribution in [2.75, 3.05) is 13.2 Å². The fourth-order valence-electron chi connectivity index (χ4n) is 3.66. The summed E-state index contributed by atoms with van der Waals surface area (Å²) in [6.07, 6.45) is 0.559. The Bertz CT molecular complexity index is 891. The number of nitrogens with one attached hydrogen (secondary N) is 3. The van der Waals surface area contributed by atoms with Crippen LogP contribution in [0, 0.1) is 5.92 Å². The van der Waals surface area contributed by atoms with Gasteiger partial charge in [-0.05, 0) is 24.0 Å². The molecule has 0 aromatic heterocycles. The Morgan fingerprint density at radius 3 is 2.28 bits per heavy atom. The van der Waals surface area contributed by atoms with E-state index in [0.29, 0.717) is 19.4 Å². The average molecular weight is 440 g/mol. The molecule has 2 aromatic rings. The highest BCUT2D eigenvalue weighted by atomic mass is 16.5. The van der Waals surface area contributed by atoms with Gasteiger partial charge >= 0.3 is 6.09 Å². The molecule has 1 heterocycles. The lowest BCUT2D eigenvalue weighted by atomic mass is 9.98. The highest BCUT2D eigenvalue weighted by molar-refractivity contribution is 5.86. The van der Waals surface area contributed by atoms with E-state index in [0.717, 1.165) is 11.1 Å². The number of ether oxygens (including phenoxy) is 1. The maximum atomic E-state index is 13.0. The van der Waals surface area contributed by atoms with Crippen molar-refractivity contribution in [3.8, 4) is 0 Å². The van der Waals surface area contributed by atoms with Gasteiger partial charge in [0.05, 0.1) is 12.6 Å². The minimum atomic E-state index is -0.896. The molecular weight excluding hydrogens is 410 g/mol. The molecule has 8 nitrogen and oxygen atoms in total. The second kappa shape index (κ2) is 11.9. The molecule has 3 rings (SSSR count). The first-order chi connectivity index (χ1) is 15.5. The Morgan fingerprint density at radius 2 is 1.69 bits per heavy atom. The van der Waals surface area contributed by atoms with Crippen LogP contribution in [0.15, 0.2) is 60.7 Å². The molecule has 3 atom stereocenters. The number of amides is 3. The molecular formula is C24H29N3O5. The van der Waals surface area contributed by atoms with Crippen LogP contribution in [0.3, 0.4) is 0 Å². The number of aliphatic hydroxyl groups excluding tert-OH is 1. The molecule has 32 heavy (non-hydrogen) atoms. The molecule has 0 spiro atoms. The molecule has 3 amide bonds. The topological polar surface area (TPSA) is 117 Å². The van der Waals surface area contributed by atoms with E-state index in [1.807, 2.05) is 60.7 Å². The van der Waals surface area contributed by atoms with Crippen LogP contribution < -0.4 is 16.0 Å². The zero-order valence-electron chi connectivity index (χ0n) is 17.8. The SMILES string of the molecule is O=C(N[C@@H](Cc1ccccc1)C(=O)N[C@H](CO)C[C@@H]1CCNC1=O)OCc1ccccc1. The van der Waals surface area contributed by atoms with Crippen LogP contribution >= 0.6 is 0 Å². The molecule has 0 radical (unpaired) electrons. The van der Waals surface area contributed by atoms with Crippen LogP contribution in [0.25, 0.3) is 0 Å². The van der Waals surface area contributed by atoms with Crippen LogP contribution in [0.1, 0.15) is 24.0 Å². The number of alkyl carbamates (subject to hydrolysis) is 1. The fourth-order valence-corrected chi connectivity index (χ4v) is 3.66. The maximum absolute atomic E-state index is 13.0. The van der Waals surface area contributed by atoms with Crippen LogP contribution in [-0.4, -0.2) is 48.2 Å². The van der Waals surface area contributed by atoms with Crippen molar-refractivity contribution in [3.05, 3.63) is 71.8 Å². The number of hydrogen-bond donors (Lipinski definition) is 4. The number of aliphatic hydroxyl groups is 1. The highest BCUT2D eigenvalue weighted by Crippen LogP contribution is 2.16. The van der Waals surface area contributed by atoms with Crippen LogP contribution in [0.4, 0.5) is 4.79 Å². The van der Waals surface area contributed by atoms with E-state index in [1.165, 1.54) is 0 Å². The maximum Gasteiger partial charge on any atom is 0.408 e. The summed E-state index contributed by atoms with van der Waals surface area (Å²) < 4.78 is 5.27. The number of carbonyl (C=O) groups excluding carboxylic acids is 3. The van der Waals surface area contributed by atoms with E-state index in [1.54, 1.807) is 0 Å². The van der Waals surface area contributed by atoms with E-state index in [4.69, 9.17) is 4.74 Å². The summed E-state index contributed by atoms with van der Waals surface area (Å²) in [5.41, 5.74) is 1.70. The first-order valence-electron chi connectivity index (χ1n) is 10.7. The Morgan fingerprint density at radius 1 is 1.03 bits per heavy atom. The third kappa shape index (κ3) is 7.09. The molecule has 0 aliphatic carbocycles. The number of carbonyl (C=O) groups is 3. The van der Waals surface area contributed by atoms with Crippen molar-refractivity contribution in [1.82, 2.24) is 16.0 Å². The first-order valence-corrected chi connectivity index (χ1v) is 10.7. The van der Waals surface area contributed by atoms with Crippen LogP contribution in [0.2, 0.25) is 0 Å². The molecule has 1 aliphatic rings. The normalized spacial score (nSPS) is 17.2. The average Bonchev–Trinajstić information content (AvgIpc) is 3.22. The predicted octanol–water partition coefficient (Wildman–Crippen LogP) is 1.53. The molecule has 1 aliphatic heterocycles. The molecule has 0 bridgehead atoms. The van der Waals surface area contributed by atoms with Gasteiger partial charge in [0.25, 0.3) is 0 Å². The van der Waals surface area contributed by atoms with Gasteiger partial charge in [-0.15, -0.1) is 0 Å². The molecule has 170 valence electrons. The van der Waals surface area contributed by atoms with Gasteiger partial charge in [0, 0.05) is 18.9 Å². The van der Waals surface area contributed by atoms with Gasteiger partial charge < -0.3 is 25.8 Å². The summed E-state index contributed by atoms with van der Waals surface area (Å²) in [6, 6.07) is 17.1. The molecule has 4 N–H and O–H groups in total. The van der Waals surface area contributed by atoms with E-state index in [9.17, 15) is 19.5 Å². The lowest BCUT2D eigenvalue weighted by Gasteiger charge is -2.23. The molecule has 0 saturated carbocycles. The second-order valence-corrected chi connectivity index (χ2v) is 7.85. The van der Waals surface area contributed by atoms with Gasteiger partial charge in [-0.25, -0.2) is 4.79 Å².